The summed E-state index contributed by atoms with van der Waals surface area (Å²) in [5.41, 5.74) is 3.02. The number of hydrogen-bond donors (Lipinski definition) is 0. The predicted molar refractivity (Wildman–Crippen MR) is 125 cm³/mol. The van der Waals surface area contributed by atoms with Crippen molar-refractivity contribution in [3.8, 4) is 0 Å². The Bertz CT molecular complexity index is 638. The highest BCUT2D eigenvalue weighted by molar-refractivity contribution is 6.50. The van der Waals surface area contributed by atoms with Gasteiger partial charge in [0.1, 0.15) is 0 Å². The molecule has 0 bridgehead atoms. The van der Waals surface area contributed by atoms with Gasteiger partial charge in [-0.1, -0.05) is 89.5 Å². The first-order valence-electron chi connectivity index (χ1n) is 12.0. The summed E-state index contributed by atoms with van der Waals surface area (Å²) < 4.78 is 42.1. The average Bonchev–Trinajstić information content (AvgIpc) is 2.75. The molecule has 6 heteroatoms. The predicted octanol–water partition coefficient (Wildman–Crippen LogP) is 6.14. The van der Waals surface area contributed by atoms with E-state index in [1.165, 1.54) is 95.3 Å². The second-order valence-electron chi connectivity index (χ2n) is 8.17. The van der Waals surface area contributed by atoms with E-state index in [0.717, 1.165) is 0 Å². The Hall–Kier alpha value is -1.05. The Morgan fingerprint density at radius 3 is 1.16 bits per heavy atom. The number of unbranched alkanes of at least 4 members (excludes halogenated alkanes) is 8. The lowest BCUT2D eigenvalue weighted by Gasteiger charge is -2.01. The standard InChI is InChI=1S/C26H38I.BF4/c1-3-5-7-9-11-13-23-15-19-25(20-16-23)27-26-21-17-24(18-22-26)14-12-10-8-6-4-2;2-1(3,4)5/h15-22H,3-14H2,1-2H3;/q+1;-1. The molecule has 0 radical (unpaired) electrons. The molecule has 32 heavy (non-hydrogen) atoms. The van der Waals surface area contributed by atoms with Gasteiger partial charge in [0, 0.05) is 0 Å². The van der Waals surface area contributed by atoms with Crippen LogP contribution < -0.4 is 21.2 Å². The highest BCUT2D eigenvalue weighted by atomic mass is 127. The van der Waals surface area contributed by atoms with E-state index < -0.39 is 7.25 Å². The van der Waals surface area contributed by atoms with Crippen molar-refractivity contribution < 1.29 is 38.5 Å². The Balaban J connectivity index is 0.000000920. The van der Waals surface area contributed by atoms with Gasteiger partial charge in [0.25, 0.3) is 0 Å². The van der Waals surface area contributed by atoms with Crippen molar-refractivity contribution in [3.63, 3.8) is 0 Å². The maximum atomic E-state index is 9.75. The van der Waals surface area contributed by atoms with Crippen LogP contribution in [0.15, 0.2) is 48.5 Å². The molecule has 0 aliphatic carbocycles. The second-order valence-corrected chi connectivity index (χ2v) is 11.2. The van der Waals surface area contributed by atoms with E-state index in [9.17, 15) is 17.3 Å². The van der Waals surface area contributed by atoms with E-state index in [1.54, 1.807) is 0 Å². The van der Waals surface area contributed by atoms with Crippen molar-refractivity contribution in [1.82, 2.24) is 0 Å². The Kier molecular flexibility index (Phi) is 15.8. The zero-order chi connectivity index (χ0) is 23.7. The van der Waals surface area contributed by atoms with Gasteiger partial charge in [-0.15, -0.1) is 0 Å². The molecule has 0 amide bonds. The third-order valence-corrected chi connectivity index (χ3v) is 7.87. The van der Waals surface area contributed by atoms with Crippen molar-refractivity contribution in [2.24, 2.45) is 0 Å². The fraction of sp³-hybridized carbons (Fsp3) is 0.538. The van der Waals surface area contributed by atoms with Crippen LogP contribution in [0.4, 0.5) is 17.3 Å². The highest BCUT2D eigenvalue weighted by Gasteiger charge is 2.20. The van der Waals surface area contributed by atoms with Gasteiger partial charge < -0.3 is 17.3 Å². The molecule has 0 nitrogen and oxygen atoms in total. The molecule has 2 aromatic carbocycles. The van der Waals surface area contributed by atoms with Crippen LogP contribution >= 0.6 is 0 Å². The first-order valence-corrected chi connectivity index (χ1v) is 14.2. The molecule has 0 aromatic heterocycles. The third-order valence-electron chi connectivity index (χ3n) is 5.18. The number of aryl methyl sites for hydroxylation is 2. The van der Waals surface area contributed by atoms with Crippen LogP contribution in [-0.2, 0) is 12.8 Å². The molecule has 2 aromatic rings. The van der Waals surface area contributed by atoms with Crippen LogP contribution in [0.2, 0.25) is 0 Å². The van der Waals surface area contributed by atoms with E-state index in [4.69, 9.17) is 0 Å². The van der Waals surface area contributed by atoms with Crippen LogP contribution in [0.25, 0.3) is 0 Å². The molecule has 0 N–H and O–H groups in total. The first kappa shape index (κ1) is 29.0. The number of rotatable bonds is 14. The highest BCUT2D eigenvalue weighted by Crippen LogP contribution is 2.10. The Morgan fingerprint density at radius 1 is 0.531 bits per heavy atom. The summed E-state index contributed by atoms with van der Waals surface area (Å²) in [6.45, 7) is 4.56. The lowest BCUT2D eigenvalue weighted by Crippen LogP contribution is -3.61. The summed E-state index contributed by atoms with van der Waals surface area (Å²) in [6, 6.07) is 18.9. The summed E-state index contributed by atoms with van der Waals surface area (Å²) in [6.07, 6.45) is 16.2. The molecule has 0 atom stereocenters. The van der Waals surface area contributed by atoms with Crippen molar-refractivity contribution in [3.05, 3.63) is 66.8 Å². The molecule has 0 unspecified atom stereocenters. The Morgan fingerprint density at radius 2 is 0.844 bits per heavy atom. The monoisotopic (exact) mass is 564 g/mol. The van der Waals surface area contributed by atoms with Gasteiger partial charge in [-0.25, -0.2) is 0 Å². The molecule has 2 rings (SSSR count). The fourth-order valence-electron chi connectivity index (χ4n) is 3.42. The zero-order valence-corrected chi connectivity index (χ0v) is 21.7. The molecule has 0 spiro atoms. The molecule has 0 aliphatic heterocycles. The lowest BCUT2D eigenvalue weighted by atomic mass is 10.1. The zero-order valence-electron chi connectivity index (χ0n) is 19.6. The first-order chi connectivity index (χ1) is 15.3. The van der Waals surface area contributed by atoms with Gasteiger partial charge >= 0.3 is 28.5 Å². The van der Waals surface area contributed by atoms with Crippen LogP contribution in [-0.4, -0.2) is 7.25 Å². The number of halogens is 5. The minimum atomic E-state index is -6.00. The second kappa shape index (κ2) is 17.4. The fourth-order valence-corrected chi connectivity index (χ4v) is 5.58. The average molecular weight is 564 g/mol. The van der Waals surface area contributed by atoms with E-state index in [0.29, 0.717) is 0 Å². The van der Waals surface area contributed by atoms with Crippen LogP contribution in [0.1, 0.15) is 89.2 Å². The van der Waals surface area contributed by atoms with Crippen molar-refractivity contribution in [2.45, 2.75) is 90.9 Å². The summed E-state index contributed by atoms with van der Waals surface area (Å²) in [7, 11) is -6.00. The smallest absolute Gasteiger partial charge is 0.418 e. The van der Waals surface area contributed by atoms with Gasteiger partial charge in [0.15, 0.2) is 7.14 Å². The van der Waals surface area contributed by atoms with E-state index >= 15 is 0 Å². The number of benzene rings is 2. The summed E-state index contributed by atoms with van der Waals surface area (Å²) in [5.74, 6) is 0. The SMILES string of the molecule is CCCCCCCc1ccc([I+]c2ccc(CCCCCCC)cc2)cc1.F[B-](F)(F)F. The summed E-state index contributed by atoms with van der Waals surface area (Å²) >= 11 is -0.0408. The van der Waals surface area contributed by atoms with E-state index in [1.807, 2.05) is 0 Å². The van der Waals surface area contributed by atoms with Crippen LogP contribution in [0.5, 0.6) is 0 Å². The molecule has 0 saturated carbocycles. The summed E-state index contributed by atoms with van der Waals surface area (Å²) in [5, 5.41) is 0. The van der Waals surface area contributed by atoms with Gasteiger partial charge in [-0.3, -0.25) is 0 Å². The van der Waals surface area contributed by atoms with E-state index in [-0.39, 0.29) is 21.2 Å². The summed E-state index contributed by atoms with van der Waals surface area (Å²) in [4.78, 5) is 0. The number of hydrogen-bond acceptors (Lipinski definition) is 0. The largest absolute Gasteiger partial charge is 0.673 e. The Labute approximate surface area is 203 Å². The van der Waals surface area contributed by atoms with Gasteiger partial charge in [0.2, 0.25) is 0 Å². The van der Waals surface area contributed by atoms with E-state index in [2.05, 4.69) is 62.4 Å². The minimum Gasteiger partial charge on any atom is -0.418 e. The quantitative estimate of drug-likeness (QED) is 0.112. The molecule has 0 aliphatic rings. The maximum absolute atomic E-state index is 9.75. The molecule has 180 valence electrons. The van der Waals surface area contributed by atoms with Crippen molar-refractivity contribution >= 4 is 7.25 Å². The third kappa shape index (κ3) is 16.6. The molecular formula is C26H38BF4I. The molecule has 0 saturated heterocycles. The maximum Gasteiger partial charge on any atom is 0.673 e. The lowest BCUT2D eigenvalue weighted by molar-refractivity contribution is -0.597. The van der Waals surface area contributed by atoms with Gasteiger partial charge in [-0.2, -0.15) is 0 Å². The van der Waals surface area contributed by atoms with Crippen LogP contribution in [0.3, 0.4) is 0 Å². The molecule has 0 fully saturated rings. The van der Waals surface area contributed by atoms with Gasteiger partial charge in [0.05, 0.1) is 0 Å². The van der Waals surface area contributed by atoms with Crippen molar-refractivity contribution in [2.75, 3.05) is 0 Å². The molecular weight excluding hydrogens is 526 g/mol. The molecule has 0 heterocycles. The van der Waals surface area contributed by atoms with Gasteiger partial charge in [-0.05, 0) is 61.1 Å². The minimum absolute atomic E-state index is 0.0408. The normalized spacial score (nSPS) is 11.2. The topological polar surface area (TPSA) is 0 Å². The van der Waals surface area contributed by atoms with Crippen LogP contribution in [0, 0.1) is 7.14 Å². The van der Waals surface area contributed by atoms with Crippen molar-refractivity contribution in [1.29, 1.82) is 0 Å².